The maximum absolute atomic E-state index is 5.39. The number of hydrogen-bond acceptors (Lipinski definition) is 5. The van der Waals surface area contributed by atoms with Gasteiger partial charge in [-0.2, -0.15) is 4.98 Å². The topological polar surface area (TPSA) is 59.1 Å². The molecule has 0 bridgehead atoms. The highest BCUT2D eigenvalue weighted by Crippen LogP contribution is 2.22. The summed E-state index contributed by atoms with van der Waals surface area (Å²) in [7, 11) is 1.67. The number of aromatic nitrogens is 2. The average molecular weight is 348 g/mol. The minimum atomic E-state index is 0.586. The molecule has 5 heteroatoms. The molecule has 0 amide bonds. The fraction of sp³-hybridized carbons (Fsp3) is 0.238. The highest BCUT2D eigenvalue weighted by atomic mass is 16.5. The van der Waals surface area contributed by atoms with Crippen molar-refractivity contribution in [3.05, 3.63) is 70.9 Å². The van der Waals surface area contributed by atoms with Gasteiger partial charge in [-0.15, -0.1) is 0 Å². The number of ether oxygens (including phenoxy) is 1. The highest BCUT2D eigenvalue weighted by Gasteiger charge is 2.06. The van der Waals surface area contributed by atoms with E-state index in [0.29, 0.717) is 12.5 Å². The number of anilines is 3. The number of nitrogens with one attached hydrogen (secondary N) is 2. The molecule has 2 N–H and O–H groups in total. The summed E-state index contributed by atoms with van der Waals surface area (Å²) in [6, 6.07) is 16.2. The van der Waals surface area contributed by atoms with Crippen LogP contribution in [0.25, 0.3) is 0 Å². The molecule has 0 spiro atoms. The van der Waals surface area contributed by atoms with Crippen molar-refractivity contribution in [2.24, 2.45) is 0 Å². The lowest BCUT2D eigenvalue weighted by Gasteiger charge is -2.13. The molecule has 0 saturated heterocycles. The monoisotopic (exact) mass is 348 g/mol. The summed E-state index contributed by atoms with van der Waals surface area (Å²) >= 11 is 0. The maximum atomic E-state index is 5.39. The SMILES string of the molecule is COc1ccccc1CNc1nc(C)cc(Nc2ccc(C)cc2C)n1. The molecule has 3 aromatic rings. The Balaban J connectivity index is 1.77. The van der Waals surface area contributed by atoms with Crippen molar-refractivity contribution < 1.29 is 4.74 Å². The van der Waals surface area contributed by atoms with Gasteiger partial charge in [-0.25, -0.2) is 4.98 Å². The summed E-state index contributed by atoms with van der Waals surface area (Å²) in [6.07, 6.45) is 0. The summed E-state index contributed by atoms with van der Waals surface area (Å²) in [4.78, 5) is 9.07. The fourth-order valence-corrected chi connectivity index (χ4v) is 2.83. The zero-order valence-electron chi connectivity index (χ0n) is 15.6. The van der Waals surface area contributed by atoms with Crippen molar-refractivity contribution in [1.29, 1.82) is 0 Å². The predicted octanol–water partition coefficient (Wildman–Crippen LogP) is 4.77. The molecule has 1 heterocycles. The van der Waals surface area contributed by atoms with Gasteiger partial charge in [-0.05, 0) is 38.5 Å². The van der Waals surface area contributed by atoms with Crippen LogP contribution in [0.5, 0.6) is 5.75 Å². The van der Waals surface area contributed by atoms with E-state index in [1.165, 1.54) is 11.1 Å². The molecule has 0 aliphatic heterocycles. The van der Waals surface area contributed by atoms with Crippen LogP contribution in [0.1, 0.15) is 22.4 Å². The number of rotatable bonds is 6. The average Bonchev–Trinajstić information content (AvgIpc) is 2.62. The van der Waals surface area contributed by atoms with Crippen molar-refractivity contribution in [3.8, 4) is 5.75 Å². The van der Waals surface area contributed by atoms with Crippen LogP contribution in [-0.4, -0.2) is 17.1 Å². The Morgan fingerprint density at radius 1 is 0.962 bits per heavy atom. The maximum Gasteiger partial charge on any atom is 0.225 e. The van der Waals surface area contributed by atoms with Gasteiger partial charge < -0.3 is 15.4 Å². The van der Waals surface area contributed by atoms with Gasteiger partial charge in [-0.1, -0.05) is 35.9 Å². The molecule has 5 nitrogen and oxygen atoms in total. The second-order valence-electron chi connectivity index (χ2n) is 6.33. The largest absolute Gasteiger partial charge is 0.496 e. The van der Waals surface area contributed by atoms with Gasteiger partial charge in [-0.3, -0.25) is 0 Å². The summed E-state index contributed by atoms with van der Waals surface area (Å²) < 4.78 is 5.39. The number of benzene rings is 2. The van der Waals surface area contributed by atoms with Crippen molar-refractivity contribution in [3.63, 3.8) is 0 Å². The Morgan fingerprint density at radius 2 is 1.77 bits per heavy atom. The normalized spacial score (nSPS) is 10.5. The van der Waals surface area contributed by atoms with Crippen LogP contribution in [0.15, 0.2) is 48.5 Å². The fourth-order valence-electron chi connectivity index (χ4n) is 2.83. The van der Waals surface area contributed by atoms with Gasteiger partial charge in [0.1, 0.15) is 11.6 Å². The van der Waals surface area contributed by atoms with Crippen LogP contribution < -0.4 is 15.4 Å². The minimum Gasteiger partial charge on any atom is -0.496 e. The van der Waals surface area contributed by atoms with Crippen LogP contribution in [0.2, 0.25) is 0 Å². The number of aryl methyl sites for hydroxylation is 3. The number of methoxy groups -OCH3 is 1. The summed E-state index contributed by atoms with van der Waals surface area (Å²) in [5.74, 6) is 2.21. The van der Waals surface area contributed by atoms with E-state index < -0.39 is 0 Å². The molecular formula is C21H24N4O. The van der Waals surface area contributed by atoms with E-state index in [-0.39, 0.29) is 0 Å². The number of hydrogen-bond donors (Lipinski definition) is 2. The third-order valence-electron chi connectivity index (χ3n) is 4.13. The second-order valence-corrected chi connectivity index (χ2v) is 6.33. The van der Waals surface area contributed by atoms with Crippen LogP contribution in [0, 0.1) is 20.8 Å². The van der Waals surface area contributed by atoms with Gasteiger partial charge in [0.15, 0.2) is 0 Å². The van der Waals surface area contributed by atoms with E-state index in [4.69, 9.17) is 4.74 Å². The quantitative estimate of drug-likeness (QED) is 0.672. The first-order valence-corrected chi connectivity index (χ1v) is 8.61. The first-order chi connectivity index (χ1) is 12.5. The van der Waals surface area contributed by atoms with Crippen molar-refractivity contribution in [2.75, 3.05) is 17.7 Å². The molecule has 2 aromatic carbocycles. The van der Waals surface area contributed by atoms with E-state index in [0.717, 1.165) is 28.5 Å². The highest BCUT2D eigenvalue weighted by molar-refractivity contribution is 5.62. The van der Waals surface area contributed by atoms with E-state index >= 15 is 0 Å². The van der Waals surface area contributed by atoms with Crippen molar-refractivity contribution in [1.82, 2.24) is 9.97 Å². The molecule has 0 saturated carbocycles. The Bertz CT molecular complexity index is 908. The van der Waals surface area contributed by atoms with Crippen molar-refractivity contribution in [2.45, 2.75) is 27.3 Å². The predicted molar refractivity (Wildman–Crippen MR) is 106 cm³/mol. The molecule has 0 fully saturated rings. The third kappa shape index (κ3) is 4.30. The smallest absolute Gasteiger partial charge is 0.225 e. The zero-order valence-corrected chi connectivity index (χ0v) is 15.6. The molecule has 3 rings (SSSR count). The van der Waals surface area contributed by atoms with Gasteiger partial charge >= 0.3 is 0 Å². The Hall–Kier alpha value is -3.08. The standard InChI is InChI=1S/C21H24N4O/c1-14-9-10-18(15(2)11-14)24-20-12-16(3)23-21(25-20)22-13-17-7-5-6-8-19(17)26-4/h5-12H,13H2,1-4H3,(H2,22,23,24,25). The Labute approximate surface area is 154 Å². The van der Waals surface area contributed by atoms with Crippen LogP contribution >= 0.6 is 0 Å². The molecule has 0 atom stereocenters. The second kappa shape index (κ2) is 7.87. The minimum absolute atomic E-state index is 0.586. The summed E-state index contributed by atoms with van der Waals surface area (Å²) in [6.45, 7) is 6.73. The Kier molecular flexibility index (Phi) is 5.37. The molecular weight excluding hydrogens is 324 g/mol. The molecule has 0 radical (unpaired) electrons. The van der Waals surface area contributed by atoms with Gasteiger partial charge in [0.25, 0.3) is 0 Å². The summed E-state index contributed by atoms with van der Waals surface area (Å²) in [5, 5.41) is 6.67. The van der Waals surface area contributed by atoms with Crippen LogP contribution in [0.4, 0.5) is 17.5 Å². The lowest BCUT2D eigenvalue weighted by molar-refractivity contribution is 0.410. The zero-order chi connectivity index (χ0) is 18.5. The lowest BCUT2D eigenvalue weighted by atomic mass is 10.1. The van der Waals surface area contributed by atoms with Gasteiger partial charge in [0, 0.05) is 29.6 Å². The third-order valence-corrected chi connectivity index (χ3v) is 4.13. The molecule has 26 heavy (non-hydrogen) atoms. The molecule has 0 aliphatic carbocycles. The summed E-state index contributed by atoms with van der Waals surface area (Å²) in [5.41, 5.74) is 5.43. The van der Waals surface area contributed by atoms with Crippen molar-refractivity contribution >= 4 is 17.5 Å². The number of nitrogens with zero attached hydrogens (tertiary/aromatic N) is 2. The molecule has 134 valence electrons. The molecule has 0 unspecified atom stereocenters. The first-order valence-electron chi connectivity index (χ1n) is 8.61. The van der Waals surface area contributed by atoms with Gasteiger partial charge in [0.2, 0.25) is 5.95 Å². The Morgan fingerprint density at radius 3 is 2.54 bits per heavy atom. The van der Waals surface area contributed by atoms with E-state index in [1.54, 1.807) is 7.11 Å². The lowest BCUT2D eigenvalue weighted by Crippen LogP contribution is -2.07. The van der Waals surface area contributed by atoms with Gasteiger partial charge in [0.05, 0.1) is 7.11 Å². The first kappa shape index (κ1) is 17.7. The van der Waals surface area contributed by atoms with E-state index in [1.807, 2.05) is 37.3 Å². The number of para-hydroxylation sites is 1. The molecule has 1 aromatic heterocycles. The molecule has 0 aliphatic rings. The van der Waals surface area contributed by atoms with Crippen LogP contribution in [0.3, 0.4) is 0 Å². The van der Waals surface area contributed by atoms with E-state index in [2.05, 4.69) is 52.6 Å². The van der Waals surface area contributed by atoms with E-state index in [9.17, 15) is 0 Å². The van der Waals surface area contributed by atoms with Crippen LogP contribution in [-0.2, 0) is 6.54 Å².